The minimum atomic E-state index is -0.568. The minimum absolute atomic E-state index is 0.00297. The summed E-state index contributed by atoms with van der Waals surface area (Å²) in [5.74, 6) is -1.26. The highest BCUT2D eigenvalue weighted by molar-refractivity contribution is 6.31. The van der Waals surface area contributed by atoms with E-state index in [2.05, 4.69) is 15.6 Å². The number of hydrogen-bond acceptors (Lipinski definition) is 4. The van der Waals surface area contributed by atoms with Gasteiger partial charge >= 0.3 is 0 Å². The summed E-state index contributed by atoms with van der Waals surface area (Å²) in [6.45, 7) is 0. The number of aromatic nitrogens is 1. The lowest BCUT2D eigenvalue weighted by atomic mass is 10.2. The molecule has 8 heteroatoms. The molecule has 2 N–H and O–H groups in total. The van der Waals surface area contributed by atoms with E-state index in [9.17, 15) is 14.0 Å². The van der Waals surface area contributed by atoms with Crippen molar-refractivity contribution in [3.8, 4) is 5.75 Å². The Labute approximate surface area is 165 Å². The maximum Gasteiger partial charge on any atom is 0.274 e. The van der Waals surface area contributed by atoms with Crippen molar-refractivity contribution >= 4 is 34.8 Å². The molecule has 0 aliphatic carbocycles. The summed E-state index contributed by atoms with van der Waals surface area (Å²) in [4.78, 5) is 28.9. The predicted octanol–water partition coefficient (Wildman–Crippen LogP) is 4.39. The second kappa shape index (κ2) is 8.49. The molecule has 1 heterocycles. The van der Waals surface area contributed by atoms with Gasteiger partial charge in [-0.05, 0) is 42.5 Å². The number of nitrogens with one attached hydrogen (secondary N) is 2. The highest BCUT2D eigenvalue weighted by Gasteiger charge is 2.15. The highest BCUT2D eigenvalue weighted by Crippen LogP contribution is 2.28. The quantitative estimate of drug-likeness (QED) is 0.667. The Morgan fingerprint density at radius 3 is 2.50 bits per heavy atom. The van der Waals surface area contributed by atoms with E-state index in [-0.39, 0.29) is 16.9 Å². The fourth-order valence-electron chi connectivity index (χ4n) is 2.42. The van der Waals surface area contributed by atoms with Crippen molar-refractivity contribution in [3.05, 3.63) is 82.9 Å². The minimum Gasteiger partial charge on any atom is -0.495 e. The van der Waals surface area contributed by atoms with Gasteiger partial charge in [0.15, 0.2) is 0 Å². The third kappa shape index (κ3) is 4.44. The van der Waals surface area contributed by atoms with Gasteiger partial charge < -0.3 is 15.4 Å². The van der Waals surface area contributed by atoms with E-state index in [0.29, 0.717) is 16.5 Å². The molecule has 0 aliphatic heterocycles. The molecule has 3 rings (SSSR count). The zero-order valence-corrected chi connectivity index (χ0v) is 15.5. The van der Waals surface area contributed by atoms with Gasteiger partial charge in [-0.25, -0.2) is 4.39 Å². The first-order valence-corrected chi connectivity index (χ1v) is 8.52. The van der Waals surface area contributed by atoms with Crippen LogP contribution in [0.15, 0.2) is 60.8 Å². The van der Waals surface area contributed by atoms with Crippen LogP contribution >= 0.6 is 11.6 Å². The monoisotopic (exact) mass is 399 g/mol. The Kier molecular flexibility index (Phi) is 5.86. The van der Waals surface area contributed by atoms with Crippen LogP contribution in [0.25, 0.3) is 0 Å². The maximum absolute atomic E-state index is 13.7. The molecule has 0 aliphatic rings. The number of anilines is 2. The molecule has 28 heavy (non-hydrogen) atoms. The molecule has 0 atom stereocenters. The molecule has 0 unspecified atom stereocenters. The van der Waals surface area contributed by atoms with Crippen molar-refractivity contribution in [2.75, 3.05) is 17.7 Å². The van der Waals surface area contributed by atoms with Gasteiger partial charge in [0.05, 0.1) is 18.5 Å². The first-order chi connectivity index (χ1) is 13.5. The summed E-state index contributed by atoms with van der Waals surface area (Å²) in [7, 11) is 1.46. The van der Waals surface area contributed by atoms with Crippen LogP contribution in [0.3, 0.4) is 0 Å². The van der Waals surface area contributed by atoms with Crippen molar-refractivity contribution < 1.29 is 18.7 Å². The van der Waals surface area contributed by atoms with E-state index < -0.39 is 17.6 Å². The predicted molar refractivity (Wildman–Crippen MR) is 105 cm³/mol. The first-order valence-electron chi connectivity index (χ1n) is 8.15. The van der Waals surface area contributed by atoms with Crippen LogP contribution in [0.1, 0.15) is 20.8 Å². The third-order valence-corrected chi connectivity index (χ3v) is 4.02. The Hall–Kier alpha value is -3.45. The van der Waals surface area contributed by atoms with E-state index in [4.69, 9.17) is 16.3 Å². The molecule has 0 bridgehead atoms. The molecule has 0 saturated heterocycles. The van der Waals surface area contributed by atoms with Gasteiger partial charge in [-0.15, -0.1) is 0 Å². The molecular formula is C20H15ClFN3O3. The molecule has 3 aromatic rings. The lowest BCUT2D eigenvalue weighted by molar-refractivity contribution is 0.102. The van der Waals surface area contributed by atoms with Crippen molar-refractivity contribution in [3.63, 3.8) is 0 Å². The lowest BCUT2D eigenvalue weighted by Crippen LogP contribution is -2.17. The average Bonchev–Trinajstić information content (AvgIpc) is 2.70. The average molecular weight is 400 g/mol. The molecule has 0 spiro atoms. The molecule has 2 amide bonds. The number of carbonyl (C=O) groups is 2. The zero-order valence-electron chi connectivity index (χ0n) is 14.7. The molecule has 1 aromatic heterocycles. The molecule has 142 valence electrons. The van der Waals surface area contributed by atoms with E-state index in [1.165, 1.54) is 49.7 Å². The molecule has 0 fully saturated rings. The fraction of sp³-hybridized carbons (Fsp3) is 0.0500. The number of carbonyl (C=O) groups excluding carboxylic acids is 2. The number of pyridine rings is 1. The van der Waals surface area contributed by atoms with Crippen LogP contribution in [0.2, 0.25) is 5.02 Å². The number of halogens is 2. The van der Waals surface area contributed by atoms with Gasteiger partial charge in [-0.2, -0.15) is 0 Å². The smallest absolute Gasteiger partial charge is 0.274 e. The van der Waals surface area contributed by atoms with E-state index in [1.807, 2.05) is 0 Å². The molecule has 2 aromatic carbocycles. The van der Waals surface area contributed by atoms with E-state index in [1.54, 1.807) is 18.2 Å². The summed E-state index contributed by atoms with van der Waals surface area (Å²) in [6, 6.07) is 13.3. The normalized spacial score (nSPS) is 10.2. The number of rotatable bonds is 5. The zero-order chi connectivity index (χ0) is 20.1. The summed E-state index contributed by atoms with van der Waals surface area (Å²) >= 11 is 5.95. The van der Waals surface area contributed by atoms with E-state index >= 15 is 0 Å². The number of amides is 2. The summed E-state index contributed by atoms with van der Waals surface area (Å²) in [5, 5.41) is 5.52. The Balaban J connectivity index is 1.79. The van der Waals surface area contributed by atoms with Crippen LogP contribution in [0.5, 0.6) is 5.75 Å². The van der Waals surface area contributed by atoms with Gasteiger partial charge in [-0.1, -0.05) is 23.7 Å². The van der Waals surface area contributed by atoms with Crippen molar-refractivity contribution in [1.82, 2.24) is 4.98 Å². The number of nitrogens with zero attached hydrogens (tertiary/aromatic N) is 1. The summed E-state index contributed by atoms with van der Waals surface area (Å²) < 4.78 is 18.9. The van der Waals surface area contributed by atoms with Crippen LogP contribution in [-0.2, 0) is 0 Å². The topological polar surface area (TPSA) is 80.3 Å². The van der Waals surface area contributed by atoms with Gasteiger partial charge in [0.25, 0.3) is 11.8 Å². The number of ether oxygens (including phenoxy) is 1. The lowest BCUT2D eigenvalue weighted by Gasteiger charge is -2.11. The van der Waals surface area contributed by atoms with Gasteiger partial charge in [0.1, 0.15) is 17.3 Å². The Morgan fingerprint density at radius 1 is 1.00 bits per heavy atom. The number of methoxy groups -OCH3 is 1. The fourth-order valence-corrected chi connectivity index (χ4v) is 2.59. The van der Waals surface area contributed by atoms with Gasteiger partial charge in [0.2, 0.25) is 0 Å². The second-order valence-corrected chi connectivity index (χ2v) is 6.10. The SMILES string of the molecule is COc1ccc(Cl)cc1NC(=O)c1cc(C(=O)Nc2ccccc2F)ccn1. The maximum atomic E-state index is 13.7. The molecule has 0 radical (unpaired) electrons. The van der Waals surface area contributed by atoms with Crippen molar-refractivity contribution in [1.29, 1.82) is 0 Å². The summed E-state index contributed by atoms with van der Waals surface area (Å²) in [6.07, 6.45) is 1.32. The Bertz CT molecular complexity index is 1040. The summed E-state index contributed by atoms with van der Waals surface area (Å²) in [5.41, 5.74) is 0.562. The van der Waals surface area contributed by atoms with Crippen LogP contribution in [-0.4, -0.2) is 23.9 Å². The van der Waals surface area contributed by atoms with Crippen LogP contribution in [0, 0.1) is 5.82 Å². The second-order valence-electron chi connectivity index (χ2n) is 5.66. The molecule has 0 saturated carbocycles. The number of hydrogen-bond donors (Lipinski definition) is 2. The number of benzene rings is 2. The van der Waals surface area contributed by atoms with Gasteiger partial charge in [0, 0.05) is 16.8 Å². The third-order valence-electron chi connectivity index (χ3n) is 3.79. The van der Waals surface area contributed by atoms with E-state index in [0.717, 1.165) is 0 Å². The first kappa shape index (κ1) is 19.3. The highest BCUT2D eigenvalue weighted by atomic mass is 35.5. The molecular weight excluding hydrogens is 385 g/mol. The van der Waals surface area contributed by atoms with Crippen LogP contribution < -0.4 is 15.4 Å². The van der Waals surface area contributed by atoms with Gasteiger partial charge in [-0.3, -0.25) is 14.6 Å². The van der Waals surface area contributed by atoms with Crippen molar-refractivity contribution in [2.24, 2.45) is 0 Å². The Morgan fingerprint density at radius 2 is 1.75 bits per heavy atom. The molecule has 6 nitrogen and oxygen atoms in total. The van der Waals surface area contributed by atoms with Crippen LogP contribution in [0.4, 0.5) is 15.8 Å². The standard InChI is InChI=1S/C20H15ClFN3O3/c1-28-18-7-6-13(21)11-16(18)25-20(27)17-10-12(8-9-23-17)19(26)24-15-5-3-2-4-14(15)22/h2-11H,1H3,(H,24,26)(H,25,27). The van der Waals surface area contributed by atoms with Crippen molar-refractivity contribution in [2.45, 2.75) is 0 Å². The largest absolute Gasteiger partial charge is 0.495 e. The number of para-hydroxylation sites is 1.